The summed E-state index contributed by atoms with van der Waals surface area (Å²) in [5.74, 6) is -0.629. The lowest BCUT2D eigenvalue weighted by molar-refractivity contribution is -0.384. The molecule has 19 heavy (non-hydrogen) atoms. The molecule has 104 valence electrons. The van der Waals surface area contributed by atoms with Crippen LogP contribution in [0, 0.1) is 10.1 Å². The molecule has 3 N–H and O–H groups in total. The summed E-state index contributed by atoms with van der Waals surface area (Å²) in [6, 6.07) is 3.85. The van der Waals surface area contributed by atoms with Crippen LogP contribution in [0.4, 0.5) is 11.4 Å². The number of carbonyl (C=O) groups excluding carboxylic acids is 1. The lowest BCUT2D eigenvalue weighted by Crippen LogP contribution is -2.22. The van der Waals surface area contributed by atoms with Gasteiger partial charge >= 0.3 is 0 Å². The SMILES string of the molecule is CCOCC(C)Nc1cc(C(N)=O)ccc1[N+](=O)[O-]. The number of amides is 1. The van der Waals surface area contributed by atoms with E-state index >= 15 is 0 Å². The molecule has 0 spiro atoms. The van der Waals surface area contributed by atoms with Crippen LogP contribution in [-0.4, -0.2) is 30.1 Å². The number of nitro groups is 1. The minimum absolute atomic E-state index is 0.103. The van der Waals surface area contributed by atoms with Crippen molar-refractivity contribution in [2.45, 2.75) is 19.9 Å². The van der Waals surface area contributed by atoms with E-state index in [4.69, 9.17) is 10.5 Å². The van der Waals surface area contributed by atoms with Gasteiger partial charge in [-0.3, -0.25) is 14.9 Å². The number of hydrogen-bond acceptors (Lipinski definition) is 5. The maximum Gasteiger partial charge on any atom is 0.292 e. The van der Waals surface area contributed by atoms with E-state index in [1.807, 2.05) is 13.8 Å². The van der Waals surface area contributed by atoms with Gasteiger partial charge in [-0.05, 0) is 26.0 Å². The van der Waals surface area contributed by atoms with Crippen molar-refractivity contribution in [3.63, 3.8) is 0 Å². The predicted molar refractivity (Wildman–Crippen MR) is 71.2 cm³/mol. The van der Waals surface area contributed by atoms with Crippen LogP contribution < -0.4 is 11.1 Å². The largest absolute Gasteiger partial charge is 0.380 e. The molecule has 0 saturated heterocycles. The van der Waals surface area contributed by atoms with Crippen molar-refractivity contribution >= 4 is 17.3 Å². The minimum atomic E-state index is -0.629. The summed E-state index contributed by atoms with van der Waals surface area (Å²) in [4.78, 5) is 21.5. The molecule has 0 bridgehead atoms. The smallest absolute Gasteiger partial charge is 0.292 e. The molecule has 0 heterocycles. The van der Waals surface area contributed by atoms with Crippen molar-refractivity contribution in [1.29, 1.82) is 0 Å². The Bertz CT molecular complexity index is 476. The number of nitrogens with two attached hydrogens (primary N) is 1. The van der Waals surface area contributed by atoms with Gasteiger partial charge < -0.3 is 15.8 Å². The Morgan fingerprint density at radius 2 is 2.26 bits per heavy atom. The topological polar surface area (TPSA) is 107 Å². The molecule has 1 rings (SSSR count). The average Bonchev–Trinajstić information content (AvgIpc) is 2.35. The molecule has 0 aliphatic heterocycles. The summed E-state index contributed by atoms with van der Waals surface area (Å²) in [6.07, 6.45) is 0. The molecule has 0 fully saturated rings. The molecule has 1 unspecified atom stereocenters. The quantitative estimate of drug-likeness (QED) is 0.575. The lowest BCUT2D eigenvalue weighted by Gasteiger charge is -2.15. The number of nitro benzene ring substituents is 1. The highest BCUT2D eigenvalue weighted by Gasteiger charge is 2.17. The summed E-state index contributed by atoms with van der Waals surface area (Å²) in [5, 5.41) is 13.9. The van der Waals surface area contributed by atoms with Gasteiger partial charge in [0.2, 0.25) is 5.91 Å². The number of anilines is 1. The van der Waals surface area contributed by atoms with Gasteiger partial charge in [-0.1, -0.05) is 0 Å². The van der Waals surface area contributed by atoms with Crippen LogP contribution in [-0.2, 0) is 4.74 Å². The fourth-order valence-corrected chi connectivity index (χ4v) is 1.57. The number of nitrogens with zero attached hydrogens (tertiary/aromatic N) is 1. The van der Waals surface area contributed by atoms with Gasteiger partial charge in [0.15, 0.2) is 0 Å². The predicted octanol–water partition coefficient (Wildman–Crippen LogP) is 1.53. The Hall–Kier alpha value is -2.15. The van der Waals surface area contributed by atoms with Crippen LogP contribution in [0.2, 0.25) is 0 Å². The van der Waals surface area contributed by atoms with Gasteiger partial charge in [0.05, 0.1) is 11.5 Å². The Labute approximate surface area is 110 Å². The molecule has 0 radical (unpaired) electrons. The average molecular weight is 267 g/mol. The maximum atomic E-state index is 11.1. The van der Waals surface area contributed by atoms with Crippen LogP contribution in [0.5, 0.6) is 0 Å². The summed E-state index contributed by atoms with van der Waals surface area (Å²) >= 11 is 0. The molecule has 0 saturated carbocycles. The van der Waals surface area contributed by atoms with Crippen LogP contribution in [0.15, 0.2) is 18.2 Å². The lowest BCUT2D eigenvalue weighted by atomic mass is 10.1. The molecule has 1 aromatic carbocycles. The maximum absolute atomic E-state index is 11.1. The van der Waals surface area contributed by atoms with Crippen molar-refractivity contribution in [1.82, 2.24) is 0 Å². The molecular weight excluding hydrogens is 250 g/mol. The molecule has 7 heteroatoms. The van der Waals surface area contributed by atoms with E-state index in [9.17, 15) is 14.9 Å². The second-order valence-electron chi connectivity index (χ2n) is 4.06. The summed E-state index contributed by atoms with van der Waals surface area (Å²) in [7, 11) is 0. The Morgan fingerprint density at radius 3 is 2.79 bits per heavy atom. The number of primary amides is 1. The van der Waals surface area contributed by atoms with E-state index in [2.05, 4.69) is 5.32 Å². The van der Waals surface area contributed by atoms with Crippen LogP contribution >= 0.6 is 0 Å². The van der Waals surface area contributed by atoms with Gasteiger partial charge in [0, 0.05) is 24.3 Å². The first kappa shape index (κ1) is 14.9. The Morgan fingerprint density at radius 1 is 1.58 bits per heavy atom. The zero-order chi connectivity index (χ0) is 14.4. The van der Waals surface area contributed by atoms with Gasteiger partial charge in [0.1, 0.15) is 5.69 Å². The molecule has 1 aromatic rings. The number of benzene rings is 1. The molecular formula is C12H17N3O4. The first-order valence-electron chi connectivity index (χ1n) is 5.88. The Balaban J connectivity index is 2.97. The highest BCUT2D eigenvalue weighted by Crippen LogP contribution is 2.26. The Kier molecular flexibility index (Phi) is 5.25. The van der Waals surface area contributed by atoms with Crippen LogP contribution in [0.25, 0.3) is 0 Å². The van der Waals surface area contributed by atoms with Crippen molar-refractivity contribution in [3.8, 4) is 0 Å². The molecule has 0 aromatic heterocycles. The van der Waals surface area contributed by atoms with E-state index in [1.54, 1.807) is 0 Å². The zero-order valence-electron chi connectivity index (χ0n) is 10.9. The van der Waals surface area contributed by atoms with Crippen molar-refractivity contribution in [2.24, 2.45) is 5.73 Å². The summed E-state index contributed by atoms with van der Waals surface area (Å²) < 4.78 is 5.22. The van der Waals surface area contributed by atoms with Crippen LogP contribution in [0.1, 0.15) is 24.2 Å². The molecule has 1 atom stereocenters. The molecule has 0 aliphatic rings. The molecule has 1 amide bonds. The van der Waals surface area contributed by atoms with Crippen molar-refractivity contribution in [3.05, 3.63) is 33.9 Å². The molecule has 0 aliphatic carbocycles. The third-order valence-corrected chi connectivity index (χ3v) is 2.45. The van der Waals surface area contributed by atoms with E-state index in [0.29, 0.717) is 13.2 Å². The number of rotatable bonds is 7. The van der Waals surface area contributed by atoms with Gasteiger partial charge in [-0.2, -0.15) is 0 Å². The monoisotopic (exact) mass is 267 g/mol. The fourth-order valence-electron chi connectivity index (χ4n) is 1.57. The van der Waals surface area contributed by atoms with Gasteiger partial charge in [-0.25, -0.2) is 0 Å². The number of nitrogens with one attached hydrogen (secondary N) is 1. The second kappa shape index (κ2) is 6.69. The number of carbonyl (C=O) groups is 1. The third kappa shape index (κ3) is 4.22. The minimum Gasteiger partial charge on any atom is -0.380 e. The zero-order valence-corrected chi connectivity index (χ0v) is 10.9. The fraction of sp³-hybridized carbons (Fsp3) is 0.417. The van der Waals surface area contributed by atoms with Crippen molar-refractivity contribution in [2.75, 3.05) is 18.5 Å². The number of ether oxygens (including phenoxy) is 1. The van der Waals surface area contributed by atoms with Gasteiger partial charge in [-0.15, -0.1) is 0 Å². The molecule has 7 nitrogen and oxygen atoms in total. The summed E-state index contributed by atoms with van der Waals surface area (Å²) in [5.41, 5.74) is 5.53. The van der Waals surface area contributed by atoms with E-state index in [1.165, 1.54) is 18.2 Å². The van der Waals surface area contributed by atoms with Crippen molar-refractivity contribution < 1.29 is 14.5 Å². The first-order valence-corrected chi connectivity index (χ1v) is 5.88. The first-order chi connectivity index (χ1) is 8.95. The number of hydrogen-bond donors (Lipinski definition) is 2. The van der Waals surface area contributed by atoms with E-state index < -0.39 is 10.8 Å². The van der Waals surface area contributed by atoms with Gasteiger partial charge in [0.25, 0.3) is 5.69 Å². The summed E-state index contributed by atoms with van der Waals surface area (Å²) in [6.45, 7) is 4.67. The van der Waals surface area contributed by atoms with Crippen LogP contribution in [0.3, 0.4) is 0 Å². The third-order valence-electron chi connectivity index (χ3n) is 2.45. The standard InChI is InChI=1S/C12H17N3O4/c1-3-19-7-8(2)14-10-6-9(12(13)16)4-5-11(10)15(17)18/h4-6,8,14H,3,7H2,1-2H3,(H2,13,16). The highest BCUT2D eigenvalue weighted by atomic mass is 16.6. The normalized spacial score (nSPS) is 11.9. The highest BCUT2D eigenvalue weighted by molar-refractivity contribution is 5.94. The second-order valence-corrected chi connectivity index (χ2v) is 4.06. The van der Waals surface area contributed by atoms with E-state index in [-0.39, 0.29) is 23.0 Å². The van der Waals surface area contributed by atoms with E-state index in [0.717, 1.165) is 0 Å².